The lowest BCUT2D eigenvalue weighted by Gasteiger charge is -2.19. The van der Waals surface area contributed by atoms with Gasteiger partial charge < -0.3 is 9.42 Å². The summed E-state index contributed by atoms with van der Waals surface area (Å²) < 4.78 is 47.1. The number of hydrogen-bond donors (Lipinski definition) is 1. The normalized spacial score (nSPS) is 12.8. The van der Waals surface area contributed by atoms with Crippen molar-refractivity contribution in [1.82, 2.24) is 19.8 Å². The average molecular weight is 475 g/mol. The summed E-state index contributed by atoms with van der Waals surface area (Å²) in [5, 5.41) is 3.98. The van der Waals surface area contributed by atoms with Gasteiger partial charge in [-0.2, -0.15) is 4.98 Å². The first-order valence-electron chi connectivity index (χ1n) is 11.3. The van der Waals surface area contributed by atoms with E-state index < -0.39 is 16.1 Å². The van der Waals surface area contributed by atoms with Gasteiger partial charge in [-0.3, -0.25) is 0 Å². The van der Waals surface area contributed by atoms with Gasteiger partial charge in [0.25, 0.3) is 0 Å². The highest BCUT2D eigenvalue weighted by Gasteiger charge is 2.25. The van der Waals surface area contributed by atoms with Crippen LogP contribution in [0, 0.1) is 5.82 Å². The van der Waals surface area contributed by atoms with E-state index in [0.29, 0.717) is 24.8 Å². The summed E-state index contributed by atoms with van der Waals surface area (Å²) in [6, 6.07) is 14.9. The molecule has 178 valence electrons. The van der Waals surface area contributed by atoms with E-state index in [1.807, 2.05) is 30.3 Å². The third-order valence-corrected chi connectivity index (χ3v) is 6.98. The van der Waals surface area contributed by atoms with Gasteiger partial charge in [-0.15, -0.1) is 0 Å². The van der Waals surface area contributed by atoms with Crippen molar-refractivity contribution in [3.63, 3.8) is 0 Å². The molecule has 1 atom stereocenters. The van der Waals surface area contributed by atoms with E-state index >= 15 is 0 Å². The summed E-state index contributed by atoms with van der Waals surface area (Å²) in [5.74, 6) is 0.137. The van der Waals surface area contributed by atoms with Crippen LogP contribution in [0.25, 0.3) is 11.4 Å². The maximum absolute atomic E-state index is 13.2. The number of nitrogens with one attached hydrogen (secondary N) is 1. The second-order valence-electron chi connectivity index (χ2n) is 7.86. The smallest absolute Gasteiger partial charge is 0.245 e. The van der Waals surface area contributed by atoms with Gasteiger partial charge in [0.1, 0.15) is 11.9 Å². The van der Waals surface area contributed by atoms with Crippen LogP contribution in [0.15, 0.2) is 59.1 Å². The fourth-order valence-electron chi connectivity index (χ4n) is 3.58. The van der Waals surface area contributed by atoms with Crippen molar-refractivity contribution in [3.8, 4) is 11.4 Å². The van der Waals surface area contributed by atoms with Crippen molar-refractivity contribution in [1.29, 1.82) is 0 Å². The van der Waals surface area contributed by atoms with Gasteiger partial charge in [-0.1, -0.05) is 49.3 Å². The van der Waals surface area contributed by atoms with Gasteiger partial charge in [0, 0.05) is 5.56 Å². The van der Waals surface area contributed by atoms with Gasteiger partial charge in [-0.05, 0) is 68.7 Å². The van der Waals surface area contributed by atoms with Crippen LogP contribution in [0.5, 0.6) is 0 Å². The van der Waals surface area contributed by atoms with Crippen LogP contribution in [-0.4, -0.2) is 48.8 Å². The minimum atomic E-state index is -3.56. The summed E-state index contributed by atoms with van der Waals surface area (Å²) in [5.41, 5.74) is 1.68. The molecule has 0 aliphatic rings. The number of halogens is 1. The van der Waals surface area contributed by atoms with Crippen molar-refractivity contribution in [2.45, 2.75) is 39.2 Å². The van der Waals surface area contributed by atoms with Crippen LogP contribution in [0.1, 0.15) is 44.2 Å². The van der Waals surface area contributed by atoms with Crippen LogP contribution in [0.4, 0.5) is 4.39 Å². The SMILES string of the molecule is CCN(CC)CCCS(=O)(=O)N[C@H](CCc1ccccc1)c1nc(-c2ccc(F)cc2)no1. The highest BCUT2D eigenvalue weighted by Crippen LogP contribution is 2.23. The lowest BCUT2D eigenvalue weighted by atomic mass is 10.1. The molecular weight excluding hydrogens is 443 g/mol. The summed E-state index contributed by atoms with van der Waals surface area (Å²) in [4.78, 5) is 6.60. The molecule has 0 radical (unpaired) electrons. The van der Waals surface area contributed by atoms with Crippen LogP contribution in [0.3, 0.4) is 0 Å². The first-order chi connectivity index (χ1) is 15.9. The summed E-state index contributed by atoms with van der Waals surface area (Å²) in [7, 11) is -3.56. The summed E-state index contributed by atoms with van der Waals surface area (Å²) >= 11 is 0. The highest BCUT2D eigenvalue weighted by atomic mass is 32.2. The maximum Gasteiger partial charge on any atom is 0.245 e. The quantitative estimate of drug-likeness (QED) is 0.399. The molecule has 0 unspecified atom stereocenters. The molecule has 2 aromatic carbocycles. The zero-order chi connectivity index (χ0) is 23.7. The lowest BCUT2D eigenvalue weighted by Crippen LogP contribution is -2.33. The van der Waals surface area contributed by atoms with Crippen molar-refractivity contribution >= 4 is 10.0 Å². The van der Waals surface area contributed by atoms with Gasteiger partial charge in [-0.25, -0.2) is 17.5 Å². The minimum absolute atomic E-state index is 0.0181. The van der Waals surface area contributed by atoms with E-state index in [-0.39, 0.29) is 23.3 Å². The second-order valence-corrected chi connectivity index (χ2v) is 9.73. The van der Waals surface area contributed by atoms with Crippen LogP contribution in [0.2, 0.25) is 0 Å². The number of sulfonamides is 1. The summed E-state index contributed by atoms with van der Waals surface area (Å²) in [6.07, 6.45) is 1.64. The lowest BCUT2D eigenvalue weighted by molar-refractivity contribution is 0.304. The molecule has 7 nitrogen and oxygen atoms in total. The van der Waals surface area contributed by atoms with E-state index in [0.717, 1.165) is 25.2 Å². The van der Waals surface area contributed by atoms with Gasteiger partial charge >= 0.3 is 0 Å². The molecular formula is C24H31FN4O3S. The zero-order valence-corrected chi connectivity index (χ0v) is 19.9. The van der Waals surface area contributed by atoms with Crippen molar-refractivity contribution in [3.05, 3.63) is 71.9 Å². The van der Waals surface area contributed by atoms with Crippen LogP contribution in [-0.2, 0) is 16.4 Å². The van der Waals surface area contributed by atoms with Gasteiger partial charge in [0.2, 0.25) is 21.7 Å². The molecule has 33 heavy (non-hydrogen) atoms. The summed E-state index contributed by atoms with van der Waals surface area (Å²) in [6.45, 7) is 6.61. The largest absolute Gasteiger partial charge is 0.337 e. The van der Waals surface area contributed by atoms with Crippen molar-refractivity contribution in [2.24, 2.45) is 0 Å². The molecule has 3 aromatic rings. The molecule has 0 fully saturated rings. The Labute approximate surface area is 195 Å². The van der Waals surface area contributed by atoms with E-state index in [4.69, 9.17) is 4.52 Å². The maximum atomic E-state index is 13.2. The standard InChI is InChI=1S/C24H31FN4O3S/c1-3-29(4-2)17-8-18-33(30,31)28-22(16-11-19-9-6-5-7-10-19)24-26-23(27-32-24)20-12-14-21(25)15-13-20/h5-7,9-10,12-15,22,28H,3-4,8,11,16-18H2,1-2H3/t22-/m1/s1. The molecule has 3 rings (SSSR count). The zero-order valence-electron chi connectivity index (χ0n) is 19.1. The molecule has 1 heterocycles. The average Bonchev–Trinajstić information content (AvgIpc) is 3.31. The Balaban J connectivity index is 1.74. The fraction of sp³-hybridized carbons (Fsp3) is 0.417. The van der Waals surface area contributed by atoms with E-state index in [2.05, 4.69) is 33.6 Å². The molecule has 9 heteroatoms. The van der Waals surface area contributed by atoms with E-state index in [1.54, 1.807) is 12.1 Å². The third-order valence-electron chi connectivity index (χ3n) is 5.51. The number of nitrogens with zero attached hydrogens (tertiary/aromatic N) is 3. The van der Waals surface area contributed by atoms with Gasteiger partial charge in [0.05, 0.1) is 5.75 Å². The third kappa shape index (κ3) is 7.73. The van der Waals surface area contributed by atoms with E-state index in [9.17, 15) is 12.8 Å². The number of aromatic nitrogens is 2. The predicted octanol–water partition coefficient (Wildman–Crippen LogP) is 4.20. The molecule has 1 N–H and O–H groups in total. The molecule has 0 spiro atoms. The van der Waals surface area contributed by atoms with Crippen molar-refractivity contribution < 1.29 is 17.3 Å². The van der Waals surface area contributed by atoms with Crippen LogP contribution >= 0.6 is 0 Å². The van der Waals surface area contributed by atoms with Crippen molar-refractivity contribution in [2.75, 3.05) is 25.4 Å². The monoisotopic (exact) mass is 474 g/mol. The Morgan fingerprint density at radius 2 is 1.76 bits per heavy atom. The topological polar surface area (TPSA) is 88.3 Å². The van der Waals surface area contributed by atoms with E-state index in [1.165, 1.54) is 12.1 Å². The molecule has 0 saturated carbocycles. The molecule has 0 aliphatic carbocycles. The van der Waals surface area contributed by atoms with Crippen LogP contribution < -0.4 is 4.72 Å². The number of aryl methyl sites for hydroxylation is 1. The molecule has 0 bridgehead atoms. The Kier molecular flexibility index (Phi) is 9.11. The number of benzene rings is 2. The number of rotatable bonds is 13. The first-order valence-corrected chi connectivity index (χ1v) is 12.9. The Hall–Kier alpha value is -2.62. The van der Waals surface area contributed by atoms with Gasteiger partial charge in [0.15, 0.2) is 0 Å². The second kappa shape index (κ2) is 12.0. The Morgan fingerprint density at radius 1 is 1.06 bits per heavy atom. The molecule has 1 aromatic heterocycles. The number of hydrogen-bond acceptors (Lipinski definition) is 6. The molecule has 0 saturated heterocycles. The molecule has 0 amide bonds. The Morgan fingerprint density at radius 3 is 2.42 bits per heavy atom. The molecule has 0 aliphatic heterocycles. The Bertz CT molecular complexity index is 1080. The predicted molar refractivity (Wildman–Crippen MR) is 127 cm³/mol. The minimum Gasteiger partial charge on any atom is -0.337 e. The highest BCUT2D eigenvalue weighted by molar-refractivity contribution is 7.89. The first kappa shape index (κ1) is 25.0. The fourth-order valence-corrected chi connectivity index (χ4v) is 4.85.